The summed E-state index contributed by atoms with van der Waals surface area (Å²) in [5.74, 6) is 1.70. The molecule has 4 heteroatoms. The maximum Gasteiger partial charge on any atom is 0.163 e. The highest BCUT2D eigenvalue weighted by Crippen LogP contribution is 2.23. The molecule has 0 aliphatic carbocycles. The molecular formula is C23H34N2O2. The molecule has 0 unspecified atom stereocenters. The van der Waals surface area contributed by atoms with Gasteiger partial charge in [0.1, 0.15) is 5.75 Å². The van der Waals surface area contributed by atoms with E-state index in [0.29, 0.717) is 12.0 Å². The van der Waals surface area contributed by atoms with E-state index >= 15 is 0 Å². The fourth-order valence-electron chi connectivity index (χ4n) is 1.97. The number of ketones is 1. The molecule has 0 amide bonds. The van der Waals surface area contributed by atoms with Gasteiger partial charge in [-0.1, -0.05) is 52.5 Å². The van der Waals surface area contributed by atoms with E-state index in [2.05, 4.69) is 32.3 Å². The average Bonchev–Trinajstić information content (AvgIpc) is 2.67. The van der Waals surface area contributed by atoms with Crippen LogP contribution in [-0.4, -0.2) is 24.4 Å². The molecule has 4 nitrogen and oxygen atoms in total. The van der Waals surface area contributed by atoms with Gasteiger partial charge in [0.05, 0.1) is 12.6 Å². The minimum Gasteiger partial charge on any atom is -0.497 e. The summed E-state index contributed by atoms with van der Waals surface area (Å²) in [6, 6.07) is 7.31. The molecule has 0 fully saturated rings. The monoisotopic (exact) mass is 370 g/mol. The van der Waals surface area contributed by atoms with Gasteiger partial charge in [-0.15, -0.1) is 0 Å². The molecule has 0 atom stereocenters. The van der Waals surface area contributed by atoms with E-state index in [9.17, 15) is 4.79 Å². The van der Waals surface area contributed by atoms with Gasteiger partial charge in [0.15, 0.2) is 5.78 Å². The van der Waals surface area contributed by atoms with Gasteiger partial charge in [-0.3, -0.25) is 9.78 Å². The first kappa shape index (κ1) is 24.5. The molecule has 0 radical (unpaired) electrons. The van der Waals surface area contributed by atoms with Gasteiger partial charge < -0.3 is 10.5 Å². The lowest BCUT2D eigenvalue weighted by Crippen LogP contribution is -1.98. The highest BCUT2D eigenvalue weighted by atomic mass is 16.5. The summed E-state index contributed by atoms with van der Waals surface area (Å²) in [6.07, 6.45) is 8.75. The van der Waals surface area contributed by atoms with Gasteiger partial charge in [-0.25, -0.2) is 0 Å². The molecule has 0 bridgehead atoms. The SMILES string of the molecule is C=C/C=C/CCN.CC(C)C.CCC(=O)c1ccnc2ccc(OC)cc12. The van der Waals surface area contributed by atoms with Crippen molar-refractivity contribution in [3.8, 4) is 5.75 Å². The highest BCUT2D eigenvalue weighted by molar-refractivity contribution is 6.07. The number of fused-ring (bicyclic) bond motifs is 1. The topological polar surface area (TPSA) is 65.2 Å². The van der Waals surface area contributed by atoms with E-state index in [0.717, 1.165) is 35.5 Å². The third-order valence-corrected chi connectivity index (χ3v) is 3.18. The second-order valence-electron chi connectivity index (χ2n) is 6.49. The van der Waals surface area contributed by atoms with E-state index in [1.54, 1.807) is 25.4 Å². The van der Waals surface area contributed by atoms with Crippen LogP contribution >= 0.6 is 0 Å². The van der Waals surface area contributed by atoms with E-state index < -0.39 is 0 Å². The first-order valence-corrected chi connectivity index (χ1v) is 9.34. The number of methoxy groups -OCH3 is 1. The van der Waals surface area contributed by atoms with Crippen LogP contribution in [0.5, 0.6) is 5.75 Å². The van der Waals surface area contributed by atoms with Crippen molar-refractivity contribution in [3.63, 3.8) is 0 Å². The largest absolute Gasteiger partial charge is 0.497 e. The maximum absolute atomic E-state index is 11.8. The first-order chi connectivity index (χ1) is 12.9. The normalized spacial score (nSPS) is 10.0. The molecule has 1 aromatic heterocycles. The van der Waals surface area contributed by atoms with Gasteiger partial charge in [0.25, 0.3) is 0 Å². The molecule has 0 saturated carbocycles. The van der Waals surface area contributed by atoms with Crippen LogP contribution < -0.4 is 10.5 Å². The third kappa shape index (κ3) is 10.3. The zero-order chi connectivity index (χ0) is 20.7. The van der Waals surface area contributed by atoms with Crippen LogP contribution in [0, 0.1) is 5.92 Å². The Morgan fingerprint density at radius 3 is 2.48 bits per heavy atom. The van der Waals surface area contributed by atoms with Crippen LogP contribution in [0.4, 0.5) is 0 Å². The number of pyridine rings is 1. The number of ether oxygens (including phenoxy) is 1. The molecule has 0 aliphatic rings. The molecular weight excluding hydrogens is 336 g/mol. The Kier molecular flexibility index (Phi) is 13.3. The Balaban J connectivity index is 0.000000514. The molecule has 2 N–H and O–H groups in total. The zero-order valence-corrected chi connectivity index (χ0v) is 17.4. The van der Waals surface area contributed by atoms with Crippen molar-refractivity contribution < 1.29 is 9.53 Å². The summed E-state index contributed by atoms with van der Waals surface area (Å²) in [5, 5.41) is 0.855. The quantitative estimate of drug-likeness (QED) is 0.533. The van der Waals surface area contributed by atoms with Crippen molar-refractivity contribution >= 4 is 16.7 Å². The second-order valence-corrected chi connectivity index (χ2v) is 6.49. The van der Waals surface area contributed by atoms with Crippen molar-refractivity contribution in [2.45, 2.75) is 40.5 Å². The lowest BCUT2D eigenvalue weighted by Gasteiger charge is -2.05. The number of allylic oxidation sites excluding steroid dienone is 2. The first-order valence-electron chi connectivity index (χ1n) is 9.34. The van der Waals surface area contributed by atoms with E-state index in [4.69, 9.17) is 10.5 Å². The Hall–Kier alpha value is -2.46. The Morgan fingerprint density at radius 2 is 1.96 bits per heavy atom. The van der Waals surface area contributed by atoms with Gasteiger partial charge in [0, 0.05) is 23.6 Å². The standard InChI is InChI=1S/C13H13NO2.C6H11N.C4H10/c1-3-13(15)10-6-7-14-12-5-4-9(16-2)8-11(10)12;1-2-3-4-5-6-7;1-4(2)3/h4-8H,3H2,1-2H3;2-4H,1,5-7H2;4H,1-3H3/b;4-3+;. The number of rotatable bonds is 6. The molecule has 0 spiro atoms. The highest BCUT2D eigenvalue weighted by Gasteiger charge is 2.09. The van der Waals surface area contributed by atoms with Crippen molar-refractivity contribution in [1.29, 1.82) is 0 Å². The minimum atomic E-state index is 0.126. The molecule has 1 heterocycles. The molecule has 0 aliphatic heterocycles. The number of carbonyl (C=O) groups excluding carboxylic acids is 1. The van der Waals surface area contributed by atoms with Gasteiger partial charge in [0.2, 0.25) is 0 Å². The van der Waals surface area contributed by atoms with Crippen LogP contribution in [0.25, 0.3) is 10.9 Å². The van der Waals surface area contributed by atoms with Crippen LogP contribution in [0.2, 0.25) is 0 Å². The Morgan fingerprint density at radius 1 is 1.30 bits per heavy atom. The molecule has 1 aromatic carbocycles. The number of hydrogen-bond donors (Lipinski definition) is 1. The number of nitrogens with two attached hydrogens (primary N) is 1. The van der Waals surface area contributed by atoms with Crippen LogP contribution in [0.1, 0.15) is 50.9 Å². The lowest BCUT2D eigenvalue weighted by molar-refractivity contribution is 0.0989. The third-order valence-electron chi connectivity index (χ3n) is 3.18. The second kappa shape index (κ2) is 14.7. The summed E-state index contributed by atoms with van der Waals surface area (Å²) < 4.78 is 5.15. The number of benzene rings is 1. The van der Waals surface area contributed by atoms with E-state index in [1.807, 2.05) is 37.3 Å². The lowest BCUT2D eigenvalue weighted by atomic mass is 10.0. The molecule has 2 rings (SSSR count). The number of hydrogen-bond acceptors (Lipinski definition) is 4. The summed E-state index contributed by atoms with van der Waals surface area (Å²) in [6.45, 7) is 12.6. The molecule has 27 heavy (non-hydrogen) atoms. The van der Waals surface area contributed by atoms with Crippen molar-refractivity contribution in [1.82, 2.24) is 4.98 Å². The van der Waals surface area contributed by atoms with Gasteiger partial charge in [-0.2, -0.15) is 0 Å². The molecule has 0 saturated heterocycles. The number of nitrogens with zero attached hydrogens (tertiary/aromatic N) is 1. The number of carbonyl (C=O) groups is 1. The summed E-state index contributed by atoms with van der Waals surface area (Å²) >= 11 is 0. The fraction of sp³-hybridized carbons (Fsp3) is 0.391. The van der Waals surface area contributed by atoms with Crippen molar-refractivity contribution in [2.75, 3.05) is 13.7 Å². The summed E-state index contributed by atoms with van der Waals surface area (Å²) in [5.41, 5.74) is 6.72. The smallest absolute Gasteiger partial charge is 0.163 e. The number of Topliss-reactive ketones (excluding diaryl/α,β-unsaturated/α-hetero) is 1. The van der Waals surface area contributed by atoms with Crippen molar-refractivity contribution in [3.05, 3.63) is 60.8 Å². The molecule has 148 valence electrons. The van der Waals surface area contributed by atoms with Crippen LogP contribution in [-0.2, 0) is 0 Å². The Labute approximate surface area is 164 Å². The maximum atomic E-state index is 11.8. The average molecular weight is 371 g/mol. The zero-order valence-electron chi connectivity index (χ0n) is 17.4. The predicted octanol–water partition coefficient (Wildman–Crippen LogP) is 5.58. The van der Waals surface area contributed by atoms with Gasteiger partial charge >= 0.3 is 0 Å². The van der Waals surface area contributed by atoms with Gasteiger partial charge in [-0.05, 0) is 43.1 Å². The molecule has 2 aromatic rings. The van der Waals surface area contributed by atoms with Crippen LogP contribution in [0.15, 0.2) is 55.3 Å². The number of aromatic nitrogens is 1. The van der Waals surface area contributed by atoms with Crippen LogP contribution in [0.3, 0.4) is 0 Å². The van der Waals surface area contributed by atoms with E-state index in [-0.39, 0.29) is 5.78 Å². The minimum absolute atomic E-state index is 0.126. The fourth-order valence-corrected chi connectivity index (χ4v) is 1.97. The predicted molar refractivity (Wildman–Crippen MR) is 116 cm³/mol. The summed E-state index contributed by atoms with van der Waals surface area (Å²) in [7, 11) is 1.61. The Bertz CT molecular complexity index is 719. The van der Waals surface area contributed by atoms with Crippen molar-refractivity contribution in [2.24, 2.45) is 11.7 Å². The summed E-state index contributed by atoms with van der Waals surface area (Å²) in [4.78, 5) is 16.0. The van der Waals surface area contributed by atoms with E-state index in [1.165, 1.54) is 0 Å².